The van der Waals surface area contributed by atoms with Crippen LogP contribution in [0.25, 0.3) is 0 Å². The summed E-state index contributed by atoms with van der Waals surface area (Å²) in [5.74, 6) is 0.734. The molecule has 0 aliphatic heterocycles. The Morgan fingerprint density at radius 3 is 2.56 bits per heavy atom. The molecule has 0 bridgehead atoms. The van der Waals surface area contributed by atoms with Crippen molar-refractivity contribution in [2.24, 2.45) is 5.14 Å². The lowest BCUT2D eigenvalue weighted by atomic mass is 10.3. The van der Waals surface area contributed by atoms with Crippen LogP contribution in [-0.2, 0) is 10.0 Å². The summed E-state index contributed by atoms with van der Waals surface area (Å²) >= 11 is 0. The number of hydrogen-bond acceptors (Lipinski definition) is 4. The molecule has 1 aromatic rings. The van der Waals surface area contributed by atoms with Gasteiger partial charge in [-0.15, -0.1) is 0 Å². The van der Waals surface area contributed by atoms with Crippen LogP contribution >= 0.6 is 0 Å². The van der Waals surface area contributed by atoms with E-state index in [1.807, 2.05) is 0 Å². The second-order valence-corrected chi connectivity index (χ2v) is 5.20. The van der Waals surface area contributed by atoms with Crippen LogP contribution < -0.4 is 14.6 Å². The highest BCUT2D eigenvalue weighted by Gasteiger charge is 2.24. The third kappa shape index (κ3) is 2.45. The van der Waals surface area contributed by atoms with Gasteiger partial charge in [-0.25, -0.2) is 13.6 Å². The monoisotopic (exact) mass is 243 g/mol. The fourth-order valence-corrected chi connectivity index (χ4v) is 2.04. The van der Waals surface area contributed by atoms with E-state index >= 15 is 0 Å². The number of ether oxygens (including phenoxy) is 2. The molecule has 0 aromatic heterocycles. The van der Waals surface area contributed by atoms with Gasteiger partial charge in [0.1, 0.15) is 16.4 Å². The third-order valence-electron chi connectivity index (χ3n) is 2.27. The predicted octanol–water partition coefficient (Wildman–Crippen LogP) is 0.884. The van der Waals surface area contributed by atoms with Crippen molar-refractivity contribution in [3.8, 4) is 11.5 Å². The maximum absolute atomic E-state index is 11.3. The summed E-state index contributed by atoms with van der Waals surface area (Å²) in [6.07, 6.45) is 2.23. The van der Waals surface area contributed by atoms with Gasteiger partial charge in [-0.05, 0) is 25.0 Å². The Bertz CT molecular complexity index is 494. The molecule has 2 N–H and O–H groups in total. The Kier molecular flexibility index (Phi) is 2.77. The van der Waals surface area contributed by atoms with Gasteiger partial charge < -0.3 is 9.47 Å². The van der Waals surface area contributed by atoms with Gasteiger partial charge in [-0.3, -0.25) is 0 Å². The van der Waals surface area contributed by atoms with Crippen LogP contribution in [0, 0.1) is 0 Å². The molecule has 0 atom stereocenters. The maximum Gasteiger partial charge on any atom is 0.241 e. The molecule has 0 unspecified atom stereocenters. The fourth-order valence-electron chi connectivity index (χ4n) is 1.33. The number of hydrogen-bond donors (Lipinski definition) is 1. The first-order valence-corrected chi connectivity index (χ1v) is 6.43. The van der Waals surface area contributed by atoms with E-state index in [0.29, 0.717) is 5.75 Å². The van der Waals surface area contributed by atoms with Crippen molar-refractivity contribution in [2.75, 3.05) is 7.11 Å². The molecule has 0 amide bonds. The van der Waals surface area contributed by atoms with Crippen LogP contribution in [0.2, 0.25) is 0 Å². The van der Waals surface area contributed by atoms with Crippen molar-refractivity contribution in [1.29, 1.82) is 0 Å². The van der Waals surface area contributed by atoms with E-state index in [4.69, 9.17) is 14.6 Å². The maximum atomic E-state index is 11.3. The van der Waals surface area contributed by atoms with E-state index in [2.05, 4.69) is 0 Å². The molecule has 1 aliphatic carbocycles. The molecule has 0 radical (unpaired) electrons. The lowest BCUT2D eigenvalue weighted by molar-refractivity contribution is 0.301. The Labute approximate surface area is 94.2 Å². The summed E-state index contributed by atoms with van der Waals surface area (Å²) in [6.45, 7) is 0. The molecule has 0 heterocycles. The first-order valence-electron chi connectivity index (χ1n) is 4.88. The summed E-state index contributed by atoms with van der Waals surface area (Å²) in [5.41, 5.74) is 0. The van der Waals surface area contributed by atoms with Crippen LogP contribution in [0.1, 0.15) is 12.8 Å². The molecule has 1 aromatic carbocycles. The zero-order valence-corrected chi connectivity index (χ0v) is 9.66. The van der Waals surface area contributed by atoms with E-state index in [1.165, 1.54) is 19.2 Å². The Morgan fingerprint density at radius 2 is 2.06 bits per heavy atom. The second-order valence-electron chi connectivity index (χ2n) is 3.67. The molecule has 16 heavy (non-hydrogen) atoms. The van der Waals surface area contributed by atoms with Crippen molar-refractivity contribution >= 4 is 10.0 Å². The highest BCUT2D eigenvalue weighted by atomic mass is 32.2. The van der Waals surface area contributed by atoms with Gasteiger partial charge in [-0.2, -0.15) is 0 Å². The number of methoxy groups -OCH3 is 1. The van der Waals surface area contributed by atoms with Gasteiger partial charge in [0.2, 0.25) is 10.0 Å². The van der Waals surface area contributed by atoms with Gasteiger partial charge in [0.05, 0.1) is 13.2 Å². The van der Waals surface area contributed by atoms with Crippen LogP contribution in [0.15, 0.2) is 23.1 Å². The molecule has 1 aliphatic rings. The van der Waals surface area contributed by atoms with Crippen LogP contribution in [0.5, 0.6) is 11.5 Å². The smallest absolute Gasteiger partial charge is 0.241 e. The zero-order chi connectivity index (χ0) is 11.8. The molecular formula is C10H13NO4S. The molecule has 5 nitrogen and oxygen atoms in total. The van der Waals surface area contributed by atoms with Gasteiger partial charge in [-0.1, -0.05) is 0 Å². The highest BCUT2D eigenvalue weighted by Crippen LogP contribution is 2.31. The largest absolute Gasteiger partial charge is 0.495 e. The van der Waals surface area contributed by atoms with E-state index < -0.39 is 10.0 Å². The molecule has 6 heteroatoms. The van der Waals surface area contributed by atoms with Crippen molar-refractivity contribution < 1.29 is 17.9 Å². The Morgan fingerprint density at radius 1 is 1.38 bits per heavy atom. The predicted molar refractivity (Wildman–Crippen MR) is 58.0 cm³/mol. The van der Waals surface area contributed by atoms with Crippen molar-refractivity contribution in [2.45, 2.75) is 23.8 Å². The van der Waals surface area contributed by atoms with Crippen molar-refractivity contribution in [1.82, 2.24) is 0 Å². The van der Waals surface area contributed by atoms with Gasteiger partial charge in [0, 0.05) is 6.07 Å². The minimum Gasteiger partial charge on any atom is -0.495 e. The van der Waals surface area contributed by atoms with E-state index in [-0.39, 0.29) is 16.7 Å². The lowest BCUT2D eigenvalue weighted by Crippen LogP contribution is -2.13. The minimum absolute atomic E-state index is 0.0480. The number of benzene rings is 1. The quantitative estimate of drug-likeness (QED) is 0.851. The molecular weight excluding hydrogens is 230 g/mol. The molecule has 1 fully saturated rings. The average Bonchev–Trinajstić information content (AvgIpc) is 3.00. The van der Waals surface area contributed by atoms with Crippen molar-refractivity contribution in [3.05, 3.63) is 18.2 Å². The topological polar surface area (TPSA) is 78.6 Å². The highest BCUT2D eigenvalue weighted by molar-refractivity contribution is 7.89. The minimum atomic E-state index is -3.79. The molecule has 2 rings (SSSR count). The first kappa shape index (κ1) is 11.2. The van der Waals surface area contributed by atoms with Gasteiger partial charge >= 0.3 is 0 Å². The number of primary sulfonamides is 1. The van der Waals surface area contributed by atoms with Gasteiger partial charge in [0.25, 0.3) is 0 Å². The normalized spacial score (nSPS) is 15.9. The molecule has 88 valence electrons. The summed E-state index contributed by atoms with van der Waals surface area (Å²) in [4.78, 5) is -0.0480. The molecule has 1 saturated carbocycles. The number of nitrogens with two attached hydrogens (primary N) is 1. The van der Waals surface area contributed by atoms with Crippen LogP contribution in [0.3, 0.4) is 0 Å². The lowest BCUT2D eigenvalue weighted by Gasteiger charge is -2.09. The summed E-state index contributed by atoms with van der Waals surface area (Å²) in [5, 5.41) is 5.09. The van der Waals surface area contributed by atoms with E-state index in [9.17, 15) is 8.42 Å². The molecule has 0 spiro atoms. The van der Waals surface area contributed by atoms with Crippen molar-refractivity contribution in [3.63, 3.8) is 0 Å². The third-order valence-corrected chi connectivity index (χ3v) is 3.20. The first-order chi connectivity index (χ1) is 7.50. The average molecular weight is 243 g/mol. The Hall–Kier alpha value is -1.27. The zero-order valence-electron chi connectivity index (χ0n) is 8.84. The van der Waals surface area contributed by atoms with E-state index in [0.717, 1.165) is 12.8 Å². The van der Waals surface area contributed by atoms with E-state index in [1.54, 1.807) is 6.07 Å². The summed E-state index contributed by atoms with van der Waals surface area (Å²) < 4.78 is 33.0. The Balaban J connectivity index is 2.37. The molecule has 0 saturated heterocycles. The second kappa shape index (κ2) is 3.95. The fraction of sp³-hybridized carbons (Fsp3) is 0.400. The van der Waals surface area contributed by atoms with Gasteiger partial charge in [0.15, 0.2) is 0 Å². The summed E-state index contributed by atoms with van der Waals surface area (Å²) in [7, 11) is -2.39. The number of sulfonamides is 1. The SMILES string of the molecule is COc1ccc(OC2CC2)cc1S(N)(=O)=O. The standard InChI is InChI=1S/C10H13NO4S/c1-14-9-5-4-8(15-7-2-3-7)6-10(9)16(11,12)13/h4-7H,2-3H2,1H3,(H2,11,12,13). The van der Waals surface area contributed by atoms with Crippen LogP contribution in [0.4, 0.5) is 0 Å². The number of rotatable bonds is 4. The summed E-state index contributed by atoms with van der Waals surface area (Å²) in [6, 6.07) is 4.61. The van der Waals surface area contributed by atoms with Crippen LogP contribution in [-0.4, -0.2) is 21.6 Å².